The summed E-state index contributed by atoms with van der Waals surface area (Å²) in [5, 5.41) is 17.5. The number of hydrogen-bond donors (Lipinski definition) is 2. The highest BCUT2D eigenvalue weighted by atomic mass is 16.5. The average molecular weight is 212 g/mol. The molecule has 1 heterocycles. The largest absolute Gasteiger partial charge is 0.509 e. The number of nitrogens with zero attached hydrogens (tertiary/aromatic N) is 2. The van der Waals surface area contributed by atoms with Crippen molar-refractivity contribution in [1.29, 1.82) is 0 Å². The molecule has 0 saturated carbocycles. The van der Waals surface area contributed by atoms with Crippen molar-refractivity contribution in [2.24, 2.45) is 0 Å². The summed E-state index contributed by atoms with van der Waals surface area (Å²) in [7, 11) is -1.60. The third kappa shape index (κ3) is 4.24. The molecule has 0 atom stereocenters. The summed E-state index contributed by atoms with van der Waals surface area (Å²) in [6, 6.07) is 0. The van der Waals surface area contributed by atoms with E-state index < -0.39 is 7.12 Å². The molecular weight excluding hydrogens is 199 g/mol. The van der Waals surface area contributed by atoms with Crippen LogP contribution in [-0.4, -0.2) is 47.0 Å². The minimum absolute atomic E-state index is 0.0900. The van der Waals surface area contributed by atoms with Gasteiger partial charge in [0.15, 0.2) is 0 Å². The van der Waals surface area contributed by atoms with E-state index >= 15 is 0 Å². The van der Waals surface area contributed by atoms with Gasteiger partial charge in [0.25, 0.3) is 0 Å². The molecule has 1 rings (SSSR count). The minimum Gasteiger partial charge on any atom is -0.474 e. The first-order valence-corrected chi connectivity index (χ1v) is 4.62. The summed E-state index contributed by atoms with van der Waals surface area (Å²) in [6.45, 7) is 3.42. The lowest BCUT2D eigenvalue weighted by Gasteiger charge is -2.05. The van der Waals surface area contributed by atoms with E-state index in [1.54, 1.807) is 0 Å². The summed E-state index contributed by atoms with van der Waals surface area (Å²) in [5.74, 6) is 0.333. The van der Waals surface area contributed by atoms with Crippen molar-refractivity contribution in [2.45, 2.75) is 6.92 Å². The van der Waals surface area contributed by atoms with Crippen LogP contribution in [0, 0.1) is 0 Å². The third-order valence-corrected chi connectivity index (χ3v) is 1.59. The minimum atomic E-state index is -1.60. The zero-order valence-corrected chi connectivity index (χ0v) is 8.46. The summed E-state index contributed by atoms with van der Waals surface area (Å²) >= 11 is 0. The van der Waals surface area contributed by atoms with E-state index in [0.29, 0.717) is 25.7 Å². The van der Waals surface area contributed by atoms with Crippen LogP contribution in [0.15, 0.2) is 12.4 Å². The maximum atomic E-state index is 8.75. The Balaban J connectivity index is 2.36. The van der Waals surface area contributed by atoms with Crippen molar-refractivity contribution in [3.63, 3.8) is 0 Å². The molecule has 0 spiro atoms. The fraction of sp³-hybridized carbons (Fsp3) is 0.500. The van der Waals surface area contributed by atoms with Crippen LogP contribution >= 0.6 is 0 Å². The Labute approximate surface area is 88.0 Å². The van der Waals surface area contributed by atoms with Gasteiger partial charge in [-0.3, -0.25) is 4.98 Å². The molecule has 82 valence electrons. The number of hydrogen-bond acceptors (Lipinski definition) is 6. The van der Waals surface area contributed by atoms with E-state index in [2.05, 4.69) is 9.97 Å². The Morgan fingerprint density at radius 3 is 2.60 bits per heavy atom. The molecule has 15 heavy (non-hydrogen) atoms. The van der Waals surface area contributed by atoms with Gasteiger partial charge in [-0.25, -0.2) is 4.98 Å². The van der Waals surface area contributed by atoms with Crippen LogP contribution in [0.1, 0.15) is 6.92 Å². The number of aromatic nitrogens is 2. The van der Waals surface area contributed by atoms with Gasteiger partial charge >= 0.3 is 7.12 Å². The molecular formula is C8H13BN2O4. The van der Waals surface area contributed by atoms with Gasteiger partial charge in [-0.1, -0.05) is 0 Å². The van der Waals surface area contributed by atoms with E-state index in [4.69, 9.17) is 19.5 Å². The van der Waals surface area contributed by atoms with Gasteiger partial charge in [-0.15, -0.1) is 0 Å². The molecule has 0 amide bonds. The molecule has 0 bridgehead atoms. The van der Waals surface area contributed by atoms with Gasteiger partial charge in [0.05, 0.1) is 18.4 Å². The number of rotatable bonds is 6. The fourth-order valence-corrected chi connectivity index (χ4v) is 0.884. The van der Waals surface area contributed by atoms with Gasteiger partial charge in [0.2, 0.25) is 5.88 Å². The Hall–Kier alpha value is -1.18. The Morgan fingerprint density at radius 2 is 2.07 bits per heavy atom. The summed E-state index contributed by atoms with van der Waals surface area (Å²) in [4.78, 5) is 7.59. The van der Waals surface area contributed by atoms with Gasteiger partial charge in [0.1, 0.15) is 6.61 Å². The first-order chi connectivity index (χ1) is 7.24. The maximum Gasteiger partial charge on any atom is 0.509 e. The van der Waals surface area contributed by atoms with E-state index in [1.165, 1.54) is 12.4 Å². The normalized spacial score (nSPS) is 10.1. The van der Waals surface area contributed by atoms with Crippen LogP contribution in [-0.2, 0) is 4.74 Å². The van der Waals surface area contributed by atoms with Gasteiger partial charge in [-0.05, 0) is 6.92 Å². The molecule has 0 fully saturated rings. The lowest BCUT2D eigenvalue weighted by atomic mass is 9.87. The van der Waals surface area contributed by atoms with Crippen molar-refractivity contribution >= 4 is 12.7 Å². The SMILES string of the molecule is CCOCCOc1cnc(B(O)O)cn1. The summed E-state index contributed by atoms with van der Waals surface area (Å²) in [5.41, 5.74) is 0.0900. The second-order valence-electron chi connectivity index (χ2n) is 2.70. The quantitative estimate of drug-likeness (QED) is 0.444. The van der Waals surface area contributed by atoms with Crippen LogP contribution in [0.2, 0.25) is 0 Å². The molecule has 0 aliphatic carbocycles. The second kappa shape index (κ2) is 6.33. The van der Waals surface area contributed by atoms with Crippen molar-refractivity contribution in [3.8, 4) is 5.88 Å². The fourth-order valence-electron chi connectivity index (χ4n) is 0.884. The van der Waals surface area contributed by atoms with Gasteiger partial charge in [0, 0.05) is 12.8 Å². The zero-order chi connectivity index (χ0) is 11.1. The summed E-state index contributed by atoms with van der Waals surface area (Å²) < 4.78 is 10.2. The molecule has 0 radical (unpaired) electrons. The van der Waals surface area contributed by atoms with Gasteiger partial charge in [-0.2, -0.15) is 0 Å². The highest BCUT2D eigenvalue weighted by Crippen LogP contribution is 1.99. The van der Waals surface area contributed by atoms with Crippen molar-refractivity contribution in [3.05, 3.63) is 12.4 Å². The molecule has 0 aliphatic rings. The molecule has 0 saturated heterocycles. The predicted octanol–water partition coefficient (Wildman–Crippen LogP) is -1.43. The highest BCUT2D eigenvalue weighted by molar-refractivity contribution is 6.57. The Kier molecular flexibility index (Phi) is 5.02. The standard InChI is InChI=1S/C8H13BN2O4/c1-2-14-3-4-15-8-6-10-7(5-11-8)9(12)13/h5-6,12-13H,2-4H2,1H3. The van der Waals surface area contributed by atoms with E-state index in [-0.39, 0.29) is 5.59 Å². The monoisotopic (exact) mass is 212 g/mol. The van der Waals surface area contributed by atoms with Crippen LogP contribution in [0.4, 0.5) is 0 Å². The molecule has 2 N–H and O–H groups in total. The lowest BCUT2D eigenvalue weighted by molar-refractivity contribution is 0.108. The zero-order valence-electron chi connectivity index (χ0n) is 8.46. The molecule has 6 nitrogen and oxygen atoms in total. The van der Waals surface area contributed by atoms with Crippen LogP contribution in [0.5, 0.6) is 5.88 Å². The smallest absolute Gasteiger partial charge is 0.474 e. The van der Waals surface area contributed by atoms with Crippen molar-refractivity contribution < 1.29 is 19.5 Å². The topological polar surface area (TPSA) is 84.7 Å². The molecule has 0 unspecified atom stereocenters. The maximum absolute atomic E-state index is 8.75. The van der Waals surface area contributed by atoms with E-state index in [9.17, 15) is 0 Å². The van der Waals surface area contributed by atoms with Crippen LogP contribution < -0.4 is 10.3 Å². The molecule has 1 aromatic rings. The Morgan fingerprint density at radius 1 is 1.27 bits per heavy atom. The van der Waals surface area contributed by atoms with Crippen LogP contribution in [0.3, 0.4) is 0 Å². The van der Waals surface area contributed by atoms with E-state index in [0.717, 1.165) is 0 Å². The highest BCUT2D eigenvalue weighted by Gasteiger charge is 2.12. The van der Waals surface area contributed by atoms with Crippen LogP contribution in [0.25, 0.3) is 0 Å². The van der Waals surface area contributed by atoms with Crippen molar-refractivity contribution in [1.82, 2.24) is 9.97 Å². The molecule has 1 aromatic heterocycles. The first kappa shape index (κ1) is 11.9. The molecule has 7 heteroatoms. The molecule has 0 aromatic carbocycles. The number of ether oxygens (including phenoxy) is 2. The summed E-state index contributed by atoms with van der Waals surface area (Å²) in [6.07, 6.45) is 2.58. The van der Waals surface area contributed by atoms with Crippen molar-refractivity contribution in [2.75, 3.05) is 19.8 Å². The molecule has 0 aliphatic heterocycles. The average Bonchev–Trinajstić information content (AvgIpc) is 2.25. The van der Waals surface area contributed by atoms with E-state index in [1.807, 2.05) is 6.92 Å². The van der Waals surface area contributed by atoms with Gasteiger partial charge < -0.3 is 19.5 Å². The predicted molar refractivity (Wildman–Crippen MR) is 53.8 cm³/mol. The first-order valence-electron chi connectivity index (χ1n) is 4.62. The Bertz CT molecular complexity index is 280. The third-order valence-electron chi connectivity index (χ3n) is 1.59. The lowest BCUT2D eigenvalue weighted by Crippen LogP contribution is -2.32. The second-order valence-corrected chi connectivity index (χ2v) is 2.70.